The molecule has 1 nitrogen and oxygen atoms in total. The second kappa shape index (κ2) is 9.09. The van der Waals surface area contributed by atoms with E-state index in [1.54, 1.807) is 0 Å². The smallest absolute Gasteiger partial charge is 0.0734 e. The Labute approximate surface area is 141 Å². The van der Waals surface area contributed by atoms with Gasteiger partial charge < -0.3 is 0 Å². The van der Waals surface area contributed by atoms with Crippen molar-refractivity contribution in [2.24, 2.45) is 10.9 Å². The zero-order valence-corrected chi connectivity index (χ0v) is 15.4. The zero-order chi connectivity index (χ0) is 17.4. The molecule has 1 aromatic rings. The molecular formula is C22H29N. The molecule has 0 aliphatic rings. The second-order valence-electron chi connectivity index (χ2n) is 6.22. The lowest BCUT2D eigenvalue weighted by molar-refractivity contribution is 0.883. The van der Waals surface area contributed by atoms with E-state index in [9.17, 15) is 0 Å². The first-order valence-corrected chi connectivity index (χ1v) is 8.18. The van der Waals surface area contributed by atoms with Crippen molar-refractivity contribution in [1.82, 2.24) is 0 Å². The van der Waals surface area contributed by atoms with Crippen LogP contribution < -0.4 is 0 Å². The fourth-order valence-corrected chi connectivity index (χ4v) is 2.40. The van der Waals surface area contributed by atoms with Crippen molar-refractivity contribution < 1.29 is 0 Å². The molecule has 0 saturated heterocycles. The molecule has 0 bridgehead atoms. The number of aryl methyl sites for hydroxylation is 1. The van der Waals surface area contributed by atoms with Crippen molar-refractivity contribution in [2.75, 3.05) is 0 Å². The minimum Gasteiger partial charge on any atom is -0.252 e. The number of allylic oxidation sites excluding steroid dienone is 6. The van der Waals surface area contributed by atoms with Crippen LogP contribution >= 0.6 is 0 Å². The molecule has 0 heterocycles. The van der Waals surface area contributed by atoms with E-state index in [4.69, 9.17) is 4.99 Å². The Balaban J connectivity index is 3.52. The summed E-state index contributed by atoms with van der Waals surface area (Å²) < 4.78 is 0. The van der Waals surface area contributed by atoms with E-state index >= 15 is 0 Å². The molecule has 0 aliphatic carbocycles. The Bertz CT molecular complexity index is 667. The highest BCUT2D eigenvalue weighted by Gasteiger charge is 2.10. The number of hydrogen-bond acceptors (Lipinski definition) is 1. The second-order valence-corrected chi connectivity index (χ2v) is 6.22. The third-order valence-electron chi connectivity index (χ3n) is 3.53. The standard InChI is InChI=1S/C22H29N/c1-8-9-10-13-19(7)22(20-14-11-12-18(6)15-20)23-21(16(2)3)17(4)5/h8-15,17H,2H2,1,3-7H3/b9-8-,13-10-,22-19+,23-21?. The minimum atomic E-state index is 0.347. The predicted octanol–water partition coefficient (Wildman–Crippen LogP) is 6.53. The number of rotatable bonds is 6. The third kappa shape index (κ3) is 5.86. The summed E-state index contributed by atoms with van der Waals surface area (Å²) in [5.41, 5.74) is 6.62. The average molecular weight is 307 g/mol. The Morgan fingerprint density at radius 1 is 1.17 bits per heavy atom. The Kier molecular flexibility index (Phi) is 7.47. The lowest BCUT2D eigenvalue weighted by Gasteiger charge is -2.14. The van der Waals surface area contributed by atoms with Crippen LogP contribution in [0.4, 0.5) is 0 Å². The zero-order valence-electron chi connectivity index (χ0n) is 15.4. The maximum absolute atomic E-state index is 4.99. The molecule has 1 aromatic carbocycles. The van der Waals surface area contributed by atoms with E-state index < -0.39 is 0 Å². The molecule has 0 aliphatic heterocycles. The molecular weight excluding hydrogens is 278 g/mol. The summed E-state index contributed by atoms with van der Waals surface area (Å²) in [4.78, 5) is 4.99. The SMILES string of the molecule is C=C(C)C(=N/C(=C(C)/C=C\C=C/C)c1cccc(C)c1)C(C)C. The van der Waals surface area contributed by atoms with Gasteiger partial charge in [-0.25, -0.2) is 0 Å². The van der Waals surface area contributed by atoms with Gasteiger partial charge in [-0.15, -0.1) is 0 Å². The molecule has 0 spiro atoms. The van der Waals surface area contributed by atoms with Gasteiger partial charge in [0.05, 0.1) is 5.70 Å². The van der Waals surface area contributed by atoms with Gasteiger partial charge in [0.25, 0.3) is 0 Å². The molecule has 23 heavy (non-hydrogen) atoms. The molecule has 0 amide bonds. The van der Waals surface area contributed by atoms with Gasteiger partial charge in [-0.1, -0.05) is 68.5 Å². The van der Waals surface area contributed by atoms with Gasteiger partial charge in [-0.05, 0) is 50.8 Å². The van der Waals surface area contributed by atoms with Crippen LogP contribution in [0.5, 0.6) is 0 Å². The molecule has 122 valence electrons. The van der Waals surface area contributed by atoms with Gasteiger partial charge >= 0.3 is 0 Å². The first kappa shape index (κ1) is 18.9. The van der Waals surface area contributed by atoms with Crippen molar-refractivity contribution in [2.45, 2.75) is 41.5 Å². The summed E-state index contributed by atoms with van der Waals surface area (Å²) in [5.74, 6) is 0.347. The molecule has 0 fully saturated rings. The molecule has 1 heteroatoms. The number of aliphatic imine (C=N–C) groups is 1. The highest BCUT2D eigenvalue weighted by atomic mass is 14.8. The van der Waals surface area contributed by atoms with Crippen LogP contribution in [-0.2, 0) is 0 Å². The maximum atomic E-state index is 4.99. The van der Waals surface area contributed by atoms with Gasteiger partial charge in [0.1, 0.15) is 0 Å². The predicted molar refractivity (Wildman–Crippen MR) is 105 cm³/mol. The third-order valence-corrected chi connectivity index (χ3v) is 3.53. The van der Waals surface area contributed by atoms with Gasteiger partial charge in [0.2, 0.25) is 0 Å². The van der Waals surface area contributed by atoms with Gasteiger partial charge in [0.15, 0.2) is 0 Å². The normalized spacial score (nSPS) is 14.0. The summed E-state index contributed by atoms with van der Waals surface area (Å²) in [6, 6.07) is 8.49. The molecule has 0 unspecified atom stereocenters. The van der Waals surface area contributed by atoms with Crippen LogP contribution in [-0.4, -0.2) is 5.71 Å². The van der Waals surface area contributed by atoms with E-state index in [0.29, 0.717) is 5.92 Å². The number of hydrogen-bond donors (Lipinski definition) is 0. The fourth-order valence-electron chi connectivity index (χ4n) is 2.40. The summed E-state index contributed by atoms with van der Waals surface area (Å²) in [6.07, 6.45) is 8.21. The topological polar surface area (TPSA) is 12.4 Å². The lowest BCUT2D eigenvalue weighted by Crippen LogP contribution is -2.09. The Hall–Kier alpha value is -2.15. The summed E-state index contributed by atoms with van der Waals surface area (Å²) in [7, 11) is 0. The van der Waals surface area contributed by atoms with E-state index in [2.05, 4.69) is 70.7 Å². The van der Waals surface area contributed by atoms with Crippen LogP contribution in [0.25, 0.3) is 5.70 Å². The minimum absolute atomic E-state index is 0.347. The van der Waals surface area contributed by atoms with Crippen molar-refractivity contribution in [3.8, 4) is 0 Å². The van der Waals surface area contributed by atoms with Gasteiger partial charge in [-0.3, -0.25) is 4.99 Å². The summed E-state index contributed by atoms with van der Waals surface area (Å²) in [5, 5.41) is 0. The van der Waals surface area contributed by atoms with Crippen LogP contribution in [0, 0.1) is 12.8 Å². The molecule has 0 radical (unpaired) electrons. The van der Waals surface area contributed by atoms with E-state index in [1.807, 2.05) is 26.0 Å². The van der Waals surface area contributed by atoms with E-state index in [-0.39, 0.29) is 0 Å². The highest BCUT2D eigenvalue weighted by molar-refractivity contribution is 6.03. The fraction of sp³-hybridized carbons (Fsp3) is 0.318. The van der Waals surface area contributed by atoms with Crippen LogP contribution in [0.15, 0.2) is 71.3 Å². The van der Waals surface area contributed by atoms with Gasteiger partial charge in [0, 0.05) is 11.3 Å². The molecule has 0 N–H and O–H groups in total. The van der Waals surface area contributed by atoms with Crippen LogP contribution in [0.1, 0.15) is 45.7 Å². The molecule has 1 rings (SSSR count). The van der Waals surface area contributed by atoms with Crippen LogP contribution in [0.2, 0.25) is 0 Å². The van der Waals surface area contributed by atoms with E-state index in [1.165, 1.54) is 5.56 Å². The first-order chi connectivity index (χ1) is 10.9. The first-order valence-electron chi connectivity index (χ1n) is 8.18. The van der Waals surface area contributed by atoms with Crippen molar-refractivity contribution >= 4 is 11.4 Å². The Morgan fingerprint density at radius 2 is 1.87 bits per heavy atom. The maximum Gasteiger partial charge on any atom is 0.0734 e. The summed E-state index contributed by atoms with van der Waals surface area (Å²) >= 11 is 0. The number of benzene rings is 1. The largest absolute Gasteiger partial charge is 0.252 e. The van der Waals surface area contributed by atoms with Crippen molar-refractivity contribution in [3.05, 3.63) is 77.4 Å². The van der Waals surface area contributed by atoms with Gasteiger partial charge in [-0.2, -0.15) is 0 Å². The molecule has 0 saturated carbocycles. The monoisotopic (exact) mass is 307 g/mol. The van der Waals surface area contributed by atoms with Crippen molar-refractivity contribution in [1.29, 1.82) is 0 Å². The van der Waals surface area contributed by atoms with Crippen LogP contribution in [0.3, 0.4) is 0 Å². The Morgan fingerprint density at radius 3 is 2.39 bits per heavy atom. The average Bonchev–Trinajstić information content (AvgIpc) is 2.47. The lowest BCUT2D eigenvalue weighted by atomic mass is 10.00. The van der Waals surface area contributed by atoms with E-state index in [0.717, 1.165) is 28.1 Å². The number of nitrogens with zero attached hydrogens (tertiary/aromatic N) is 1. The van der Waals surface area contributed by atoms with Crippen molar-refractivity contribution in [3.63, 3.8) is 0 Å². The quantitative estimate of drug-likeness (QED) is 0.418. The molecule has 0 atom stereocenters. The summed E-state index contributed by atoms with van der Waals surface area (Å²) in [6.45, 7) is 16.7. The highest BCUT2D eigenvalue weighted by Crippen LogP contribution is 2.24. The molecule has 0 aromatic heterocycles.